The number of hydrogen-bond acceptors (Lipinski definition) is 4. The average molecular weight is 1660 g/mol. The minimum absolute atomic E-state index is 1.25. The summed E-state index contributed by atoms with van der Waals surface area (Å²) < 4.78 is 8.88. The van der Waals surface area contributed by atoms with E-state index in [1.807, 2.05) is 0 Å². The number of unbranched alkanes of at least 4 members (excludes halogenated alkanes) is 90. The van der Waals surface area contributed by atoms with Gasteiger partial charge < -0.3 is 30.6 Å². The van der Waals surface area contributed by atoms with Gasteiger partial charge >= 0.3 is 7.82 Å². The van der Waals surface area contributed by atoms with E-state index in [4.69, 9.17) is 19.2 Å². The second-order valence-corrected chi connectivity index (χ2v) is 38.6. The first-order valence-corrected chi connectivity index (χ1v) is 56.7. The van der Waals surface area contributed by atoms with E-state index >= 15 is 0 Å². The lowest BCUT2D eigenvalue weighted by atomic mass is 10.0. The van der Waals surface area contributed by atoms with E-state index < -0.39 is 7.82 Å². The lowest BCUT2D eigenvalue weighted by Crippen LogP contribution is -2.16. The molecule has 0 unspecified atom stereocenters. The molecule has 116 heavy (non-hydrogen) atoms. The first-order valence-electron chi connectivity index (χ1n) is 55.1. The van der Waals surface area contributed by atoms with Crippen LogP contribution in [0.3, 0.4) is 0 Å². The van der Waals surface area contributed by atoms with Gasteiger partial charge in [0.15, 0.2) is 0 Å². The van der Waals surface area contributed by atoms with Gasteiger partial charge in [0.25, 0.3) is 0 Å². The molecule has 0 atom stereocenters. The third-order valence-corrected chi connectivity index (χ3v) is 25.2. The molecule has 0 rings (SSSR count). The quantitative estimate of drug-likeness (QED) is 0.0266. The van der Waals surface area contributed by atoms with Crippen LogP contribution in [0.25, 0.3) is 0 Å². The van der Waals surface area contributed by atoms with Gasteiger partial charge in [-0.05, 0) is 77.8 Å². The lowest BCUT2D eigenvalue weighted by Gasteiger charge is -2.06. The number of phosphoric acid groups is 1. The van der Waals surface area contributed by atoms with Gasteiger partial charge in [0.2, 0.25) is 0 Å². The standard InChI is InChI=1S/3C36H75N.H3O4P/c3*1-3-5-7-9-11-13-15-17-19-21-23-25-27-29-31-33-35-37-36-34-32-30-28-26-24-22-20-18-16-14-12-10-8-6-4-2;1-5(2,3)4/h3*37H,3-36H2,1-2H3;(H3,1,2,3,4). The van der Waals surface area contributed by atoms with Gasteiger partial charge in [0.1, 0.15) is 0 Å². The van der Waals surface area contributed by atoms with Crippen LogP contribution >= 0.6 is 7.82 Å². The predicted molar refractivity (Wildman–Crippen MR) is 530 cm³/mol. The van der Waals surface area contributed by atoms with Crippen molar-refractivity contribution >= 4 is 7.82 Å². The van der Waals surface area contributed by atoms with E-state index in [-0.39, 0.29) is 0 Å². The smallest absolute Gasteiger partial charge is 0.317 e. The summed E-state index contributed by atoms with van der Waals surface area (Å²) in [6.07, 6.45) is 140. The summed E-state index contributed by atoms with van der Waals surface area (Å²) in [6.45, 7) is 21.3. The van der Waals surface area contributed by atoms with Crippen LogP contribution in [-0.2, 0) is 4.57 Å². The maximum absolute atomic E-state index is 8.88. The van der Waals surface area contributed by atoms with E-state index in [2.05, 4.69) is 57.5 Å². The van der Waals surface area contributed by atoms with Gasteiger partial charge in [-0.25, -0.2) is 4.57 Å². The molecule has 7 nitrogen and oxygen atoms in total. The minimum Gasteiger partial charge on any atom is -0.317 e. The van der Waals surface area contributed by atoms with E-state index in [1.165, 1.54) is 656 Å². The fourth-order valence-corrected chi connectivity index (χ4v) is 17.2. The maximum atomic E-state index is 8.88. The zero-order valence-electron chi connectivity index (χ0n) is 81.8. The van der Waals surface area contributed by atoms with Crippen LogP contribution in [0.4, 0.5) is 0 Å². The molecule has 0 aromatic carbocycles. The third-order valence-electron chi connectivity index (χ3n) is 25.2. The van der Waals surface area contributed by atoms with Crippen LogP contribution in [0.1, 0.15) is 658 Å². The Kier molecular flexibility index (Phi) is 128. The van der Waals surface area contributed by atoms with Crippen molar-refractivity contribution in [1.29, 1.82) is 0 Å². The molecule has 0 aliphatic rings. The summed E-state index contributed by atoms with van der Waals surface area (Å²) >= 11 is 0. The zero-order valence-corrected chi connectivity index (χ0v) is 82.7. The molecular formula is C108H228N3O4P. The normalized spacial score (nSPS) is 11.5. The Morgan fingerprint density at radius 3 is 0.233 bits per heavy atom. The third kappa shape index (κ3) is 140. The van der Waals surface area contributed by atoms with Gasteiger partial charge in [0.05, 0.1) is 0 Å². The molecule has 0 fully saturated rings. The molecule has 0 spiro atoms. The monoisotopic (exact) mass is 1660 g/mol. The van der Waals surface area contributed by atoms with Crippen molar-refractivity contribution in [2.45, 2.75) is 658 Å². The fourth-order valence-electron chi connectivity index (χ4n) is 17.2. The summed E-state index contributed by atoms with van der Waals surface area (Å²) in [5, 5.41) is 11.1. The zero-order chi connectivity index (χ0) is 84.7. The predicted octanol–water partition coefficient (Wildman–Crippen LogP) is 38.4. The Bertz CT molecular complexity index is 1340. The Labute approximate surface area is 735 Å². The molecule has 0 aromatic rings. The lowest BCUT2D eigenvalue weighted by molar-refractivity contribution is 0.275. The maximum Gasteiger partial charge on any atom is 0.466 e. The van der Waals surface area contributed by atoms with E-state index in [0.29, 0.717) is 0 Å². The van der Waals surface area contributed by atoms with E-state index in [0.717, 1.165) is 0 Å². The Morgan fingerprint density at radius 2 is 0.172 bits per heavy atom. The second-order valence-electron chi connectivity index (χ2n) is 37.6. The van der Waals surface area contributed by atoms with Crippen molar-refractivity contribution in [1.82, 2.24) is 16.0 Å². The SMILES string of the molecule is CCCCCCCCCCCCCCCCCCNCCCCCCCCCCCCCCCCCC.CCCCCCCCCCCCCCCCCCNCCCCCCCCCCCCCCCCCC.CCCCCCCCCCCCCCCCCCNCCCCCCCCCCCCCCCCCC.O=P(O)(O)O. The van der Waals surface area contributed by atoms with Gasteiger partial charge in [-0.2, -0.15) is 0 Å². The molecule has 0 amide bonds. The number of rotatable bonds is 102. The summed E-state index contributed by atoms with van der Waals surface area (Å²) in [5.74, 6) is 0. The highest BCUT2D eigenvalue weighted by Gasteiger charge is 2.04. The fraction of sp³-hybridized carbons (Fsp3) is 1.00. The van der Waals surface area contributed by atoms with Crippen LogP contribution in [0, 0.1) is 0 Å². The summed E-state index contributed by atoms with van der Waals surface area (Å²) in [5.41, 5.74) is 0. The Morgan fingerprint density at radius 1 is 0.121 bits per heavy atom. The van der Waals surface area contributed by atoms with Crippen molar-refractivity contribution in [3.05, 3.63) is 0 Å². The summed E-state index contributed by atoms with van der Waals surface area (Å²) in [6, 6.07) is 0. The summed E-state index contributed by atoms with van der Waals surface area (Å²) in [4.78, 5) is 21.6. The van der Waals surface area contributed by atoms with Crippen LogP contribution in [0.2, 0.25) is 0 Å². The molecule has 8 heteroatoms. The topological polar surface area (TPSA) is 114 Å². The Balaban J connectivity index is -0.000000786. The molecule has 0 aromatic heterocycles. The first kappa shape index (κ1) is 122. The van der Waals surface area contributed by atoms with E-state index in [1.54, 1.807) is 0 Å². The van der Waals surface area contributed by atoms with Crippen LogP contribution < -0.4 is 16.0 Å². The minimum atomic E-state index is -4.64. The van der Waals surface area contributed by atoms with Crippen molar-refractivity contribution in [2.24, 2.45) is 0 Å². The molecule has 0 bridgehead atoms. The van der Waals surface area contributed by atoms with Crippen molar-refractivity contribution in [2.75, 3.05) is 39.3 Å². The highest BCUT2D eigenvalue weighted by atomic mass is 31.2. The van der Waals surface area contributed by atoms with Crippen molar-refractivity contribution in [3.8, 4) is 0 Å². The van der Waals surface area contributed by atoms with Crippen LogP contribution in [0.15, 0.2) is 0 Å². The number of nitrogens with one attached hydrogen (secondary N) is 3. The molecule has 0 heterocycles. The highest BCUT2D eigenvalue weighted by Crippen LogP contribution is 2.26. The van der Waals surface area contributed by atoms with E-state index in [9.17, 15) is 0 Å². The molecule has 0 aliphatic heterocycles. The molecule has 6 N–H and O–H groups in total. The largest absolute Gasteiger partial charge is 0.466 e. The molecule has 704 valence electrons. The van der Waals surface area contributed by atoms with Crippen molar-refractivity contribution < 1.29 is 19.2 Å². The average Bonchev–Trinajstić information content (AvgIpc) is 2.45. The molecule has 0 aliphatic carbocycles. The Hall–Kier alpha value is -0.0100. The van der Waals surface area contributed by atoms with Gasteiger partial charge in [-0.1, -0.05) is 619 Å². The van der Waals surface area contributed by atoms with Gasteiger partial charge in [-0.3, -0.25) is 0 Å². The molecule has 0 saturated carbocycles. The van der Waals surface area contributed by atoms with Crippen molar-refractivity contribution in [3.63, 3.8) is 0 Å². The highest BCUT2D eigenvalue weighted by molar-refractivity contribution is 7.45. The van der Waals surface area contributed by atoms with Crippen LogP contribution in [-0.4, -0.2) is 53.9 Å². The van der Waals surface area contributed by atoms with Gasteiger partial charge in [0, 0.05) is 0 Å². The van der Waals surface area contributed by atoms with Crippen LogP contribution in [0.5, 0.6) is 0 Å². The molecule has 0 radical (unpaired) electrons. The summed E-state index contributed by atoms with van der Waals surface area (Å²) in [7, 11) is -4.64. The molecular weight excluding hydrogens is 1430 g/mol. The molecule has 0 saturated heterocycles. The number of hydrogen-bond donors (Lipinski definition) is 6. The second kappa shape index (κ2) is 121. The first-order chi connectivity index (χ1) is 57.2. The van der Waals surface area contributed by atoms with Gasteiger partial charge in [-0.15, -0.1) is 0 Å².